The summed E-state index contributed by atoms with van der Waals surface area (Å²) in [5, 5.41) is 27.6. The number of hydrogen-bond acceptors (Lipinski definition) is 5. The van der Waals surface area contributed by atoms with Gasteiger partial charge in [0.05, 0.1) is 32.0 Å². The maximum absolute atomic E-state index is 9.89. The van der Waals surface area contributed by atoms with Crippen molar-refractivity contribution >= 4 is 0 Å². The molecule has 0 heterocycles. The Kier molecular flexibility index (Phi) is 7.77. The molecule has 0 saturated heterocycles. The molecule has 0 amide bonds. The molecular weight excluding hydrogens is 234 g/mol. The molecule has 1 aliphatic rings. The third kappa shape index (κ3) is 5.63. The highest BCUT2D eigenvalue weighted by Gasteiger charge is 2.24. The van der Waals surface area contributed by atoms with E-state index in [9.17, 15) is 5.11 Å². The summed E-state index contributed by atoms with van der Waals surface area (Å²) in [5.74, 6) is 0.586. The van der Waals surface area contributed by atoms with Crippen molar-refractivity contribution in [2.45, 2.75) is 38.4 Å². The van der Waals surface area contributed by atoms with E-state index in [-0.39, 0.29) is 19.3 Å². The average Bonchev–Trinajstić information content (AvgIpc) is 2.73. The van der Waals surface area contributed by atoms with Crippen LogP contribution in [-0.4, -0.2) is 71.9 Å². The SMILES string of the molecule is C[C@@H]1CCC[C@H]1OC[C@H](O)CN(CCO)CCO. The summed E-state index contributed by atoms with van der Waals surface area (Å²) in [6.45, 7) is 3.97. The van der Waals surface area contributed by atoms with E-state index in [0.717, 1.165) is 6.42 Å². The lowest BCUT2D eigenvalue weighted by molar-refractivity contribution is -0.0338. The first-order valence-electron chi connectivity index (χ1n) is 6.91. The van der Waals surface area contributed by atoms with Crippen molar-refractivity contribution in [2.75, 3.05) is 39.5 Å². The molecule has 5 nitrogen and oxygen atoms in total. The maximum atomic E-state index is 9.89. The quantitative estimate of drug-likeness (QED) is 0.538. The molecule has 0 aromatic carbocycles. The van der Waals surface area contributed by atoms with Crippen molar-refractivity contribution in [2.24, 2.45) is 5.92 Å². The molecule has 0 aliphatic heterocycles. The number of hydrogen-bond donors (Lipinski definition) is 3. The van der Waals surface area contributed by atoms with E-state index in [1.165, 1.54) is 12.8 Å². The van der Waals surface area contributed by atoms with Crippen LogP contribution < -0.4 is 0 Å². The third-order valence-electron chi connectivity index (χ3n) is 3.59. The van der Waals surface area contributed by atoms with Gasteiger partial charge in [-0.2, -0.15) is 0 Å². The first kappa shape index (κ1) is 15.9. The second-order valence-electron chi connectivity index (χ2n) is 5.18. The van der Waals surface area contributed by atoms with Crippen LogP contribution in [0.4, 0.5) is 0 Å². The normalized spacial score (nSPS) is 25.8. The van der Waals surface area contributed by atoms with E-state index >= 15 is 0 Å². The Labute approximate surface area is 109 Å². The van der Waals surface area contributed by atoms with Crippen molar-refractivity contribution < 1.29 is 20.1 Å². The fourth-order valence-electron chi connectivity index (χ4n) is 2.52. The molecule has 1 fully saturated rings. The van der Waals surface area contributed by atoms with Crippen LogP contribution in [0.3, 0.4) is 0 Å². The minimum atomic E-state index is -0.559. The van der Waals surface area contributed by atoms with Crippen molar-refractivity contribution in [1.29, 1.82) is 0 Å². The third-order valence-corrected chi connectivity index (χ3v) is 3.59. The van der Waals surface area contributed by atoms with E-state index in [1.807, 2.05) is 4.90 Å². The van der Waals surface area contributed by atoms with E-state index in [0.29, 0.717) is 32.2 Å². The van der Waals surface area contributed by atoms with E-state index in [4.69, 9.17) is 14.9 Å². The molecule has 3 atom stereocenters. The maximum Gasteiger partial charge on any atom is 0.0900 e. The fraction of sp³-hybridized carbons (Fsp3) is 1.00. The van der Waals surface area contributed by atoms with Gasteiger partial charge < -0.3 is 20.1 Å². The summed E-state index contributed by atoms with van der Waals surface area (Å²) in [7, 11) is 0. The Morgan fingerprint density at radius 2 is 1.89 bits per heavy atom. The van der Waals surface area contributed by atoms with Gasteiger partial charge in [-0.25, -0.2) is 0 Å². The second-order valence-corrected chi connectivity index (χ2v) is 5.18. The van der Waals surface area contributed by atoms with Gasteiger partial charge in [0.15, 0.2) is 0 Å². The van der Waals surface area contributed by atoms with Crippen LogP contribution >= 0.6 is 0 Å². The van der Waals surface area contributed by atoms with Crippen LogP contribution in [0.25, 0.3) is 0 Å². The predicted molar refractivity (Wildman–Crippen MR) is 69.4 cm³/mol. The molecule has 0 aromatic rings. The minimum absolute atomic E-state index is 0.0350. The number of rotatable bonds is 9. The standard InChI is InChI=1S/C13H27NO4/c1-11-3-2-4-13(11)18-10-12(17)9-14(5-7-15)6-8-16/h11-13,15-17H,2-10H2,1H3/t11-,12-,13-/m1/s1. The zero-order valence-corrected chi connectivity index (χ0v) is 11.3. The van der Waals surface area contributed by atoms with E-state index in [1.54, 1.807) is 0 Å². The topological polar surface area (TPSA) is 73.2 Å². The summed E-state index contributed by atoms with van der Waals surface area (Å²) in [4.78, 5) is 1.84. The van der Waals surface area contributed by atoms with Crippen molar-refractivity contribution in [1.82, 2.24) is 4.90 Å². The van der Waals surface area contributed by atoms with Gasteiger partial charge in [-0.1, -0.05) is 13.3 Å². The first-order valence-corrected chi connectivity index (χ1v) is 6.91. The largest absolute Gasteiger partial charge is 0.395 e. The first-order chi connectivity index (χ1) is 8.67. The summed E-state index contributed by atoms with van der Waals surface area (Å²) in [6, 6.07) is 0. The summed E-state index contributed by atoms with van der Waals surface area (Å²) in [6.07, 6.45) is 3.23. The summed E-state index contributed by atoms with van der Waals surface area (Å²) < 4.78 is 5.73. The summed E-state index contributed by atoms with van der Waals surface area (Å²) >= 11 is 0. The number of nitrogens with zero attached hydrogens (tertiary/aromatic N) is 1. The molecule has 0 spiro atoms. The predicted octanol–water partition coefficient (Wildman–Crippen LogP) is -0.161. The van der Waals surface area contributed by atoms with Crippen LogP contribution in [0.2, 0.25) is 0 Å². The Balaban J connectivity index is 2.20. The van der Waals surface area contributed by atoms with Crippen molar-refractivity contribution in [3.8, 4) is 0 Å². The molecule has 1 saturated carbocycles. The zero-order valence-electron chi connectivity index (χ0n) is 11.3. The second kappa shape index (κ2) is 8.82. The van der Waals surface area contributed by atoms with Crippen LogP contribution in [0.5, 0.6) is 0 Å². The average molecular weight is 261 g/mol. The molecule has 0 radical (unpaired) electrons. The van der Waals surface area contributed by atoms with Crippen LogP contribution in [0.1, 0.15) is 26.2 Å². The lowest BCUT2D eigenvalue weighted by atomic mass is 10.1. The van der Waals surface area contributed by atoms with Gasteiger partial charge >= 0.3 is 0 Å². The van der Waals surface area contributed by atoms with Gasteiger partial charge in [0.25, 0.3) is 0 Å². The van der Waals surface area contributed by atoms with Gasteiger partial charge in [0.1, 0.15) is 0 Å². The smallest absolute Gasteiger partial charge is 0.0900 e. The molecule has 3 N–H and O–H groups in total. The van der Waals surface area contributed by atoms with Crippen molar-refractivity contribution in [3.05, 3.63) is 0 Å². The lowest BCUT2D eigenvalue weighted by Crippen LogP contribution is -2.39. The Bertz CT molecular complexity index is 209. The highest BCUT2D eigenvalue weighted by atomic mass is 16.5. The van der Waals surface area contributed by atoms with Gasteiger partial charge in [0.2, 0.25) is 0 Å². The summed E-state index contributed by atoms with van der Waals surface area (Å²) in [5.41, 5.74) is 0. The van der Waals surface area contributed by atoms with E-state index < -0.39 is 6.10 Å². The Morgan fingerprint density at radius 3 is 2.39 bits per heavy atom. The van der Waals surface area contributed by atoms with E-state index in [2.05, 4.69) is 6.92 Å². The molecule has 1 rings (SSSR count). The monoisotopic (exact) mass is 261 g/mol. The fourth-order valence-corrected chi connectivity index (χ4v) is 2.52. The highest BCUT2D eigenvalue weighted by Crippen LogP contribution is 2.27. The zero-order chi connectivity index (χ0) is 13.4. The Morgan fingerprint density at radius 1 is 1.22 bits per heavy atom. The van der Waals surface area contributed by atoms with Crippen LogP contribution in [0.15, 0.2) is 0 Å². The van der Waals surface area contributed by atoms with Gasteiger partial charge in [-0.05, 0) is 18.8 Å². The molecular formula is C13H27NO4. The lowest BCUT2D eigenvalue weighted by Gasteiger charge is -2.25. The molecule has 0 unspecified atom stereocenters. The van der Waals surface area contributed by atoms with Gasteiger partial charge in [-0.15, -0.1) is 0 Å². The minimum Gasteiger partial charge on any atom is -0.395 e. The molecule has 1 aliphatic carbocycles. The Hall–Kier alpha value is -0.200. The highest BCUT2D eigenvalue weighted by molar-refractivity contribution is 4.75. The number of aliphatic hydroxyl groups excluding tert-OH is 3. The molecule has 5 heteroatoms. The number of aliphatic hydroxyl groups is 3. The van der Waals surface area contributed by atoms with Crippen LogP contribution in [-0.2, 0) is 4.74 Å². The molecule has 0 bridgehead atoms. The molecule has 18 heavy (non-hydrogen) atoms. The molecule has 108 valence electrons. The number of ether oxygens (including phenoxy) is 1. The van der Waals surface area contributed by atoms with Crippen molar-refractivity contribution in [3.63, 3.8) is 0 Å². The van der Waals surface area contributed by atoms with Gasteiger partial charge in [0, 0.05) is 19.6 Å². The van der Waals surface area contributed by atoms with Crippen LogP contribution in [0, 0.1) is 5.92 Å². The van der Waals surface area contributed by atoms with Gasteiger partial charge in [-0.3, -0.25) is 4.90 Å². The molecule has 0 aromatic heterocycles.